The molecular formula is C45H46N2O6. The Morgan fingerprint density at radius 1 is 0.642 bits per heavy atom. The van der Waals surface area contributed by atoms with Gasteiger partial charge >= 0.3 is 5.97 Å². The third kappa shape index (κ3) is 7.19. The van der Waals surface area contributed by atoms with E-state index in [1.165, 1.54) is 7.11 Å². The molecule has 0 fully saturated rings. The lowest BCUT2D eigenvalue weighted by atomic mass is 9.90. The molecule has 1 atom stereocenters. The Morgan fingerprint density at radius 2 is 1.02 bits per heavy atom. The molecule has 0 amide bonds. The first-order valence-electron chi connectivity index (χ1n) is 18.0. The van der Waals surface area contributed by atoms with Crippen LogP contribution in [0.5, 0.6) is 23.0 Å². The van der Waals surface area contributed by atoms with E-state index in [0.717, 1.165) is 38.7 Å². The number of phenols is 4. The van der Waals surface area contributed by atoms with Gasteiger partial charge in [0.15, 0.2) is 0 Å². The van der Waals surface area contributed by atoms with E-state index in [1.807, 2.05) is 112 Å². The lowest BCUT2D eigenvalue weighted by Gasteiger charge is -2.31. The lowest BCUT2D eigenvalue weighted by molar-refractivity contribution is -0.147. The summed E-state index contributed by atoms with van der Waals surface area (Å²) in [6, 6.07) is 22.5. The van der Waals surface area contributed by atoms with Gasteiger partial charge in [0.2, 0.25) is 0 Å². The summed E-state index contributed by atoms with van der Waals surface area (Å²) in [6.45, 7) is 8.20. The number of rotatable bonds is 4. The van der Waals surface area contributed by atoms with E-state index in [-0.39, 0.29) is 48.9 Å². The third-order valence-electron chi connectivity index (χ3n) is 10.5. The van der Waals surface area contributed by atoms with Crippen molar-refractivity contribution >= 4 is 16.9 Å². The predicted octanol–water partition coefficient (Wildman–Crippen LogP) is 8.10. The molecule has 0 saturated carbocycles. The molecule has 272 valence electrons. The highest BCUT2D eigenvalue weighted by atomic mass is 16.5. The van der Waals surface area contributed by atoms with Gasteiger partial charge in [-0.15, -0.1) is 0 Å². The molecule has 6 aromatic rings. The Hall–Kier alpha value is -5.73. The number of aromatic hydroxyl groups is 4. The Labute approximate surface area is 310 Å². The van der Waals surface area contributed by atoms with Crippen LogP contribution in [0, 0.1) is 27.7 Å². The molecule has 0 spiro atoms. The number of methoxy groups -OCH3 is 1. The van der Waals surface area contributed by atoms with Gasteiger partial charge in [-0.25, -0.2) is 0 Å². The van der Waals surface area contributed by atoms with E-state index in [2.05, 4.69) is 4.98 Å². The van der Waals surface area contributed by atoms with Crippen molar-refractivity contribution in [2.75, 3.05) is 7.11 Å². The number of para-hydroxylation sites is 1. The number of aromatic nitrogens is 1. The van der Waals surface area contributed by atoms with Crippen LogP contribution in [0.4, 0.5) is 0 Å². The van der Waals surface area contributed by atoms with Gasteiger partial charge < -0.3 is 30.1 Å². The van der Waals surface area contributed by atoms with Crippen LogP contribution in [0.1, 0.15) is 72.3 Å². The first-order chi connectivity index (χ1) is 25.4. The zero-order valence-corrected chi connectivity index (χ0v) is 30.9. The van der Waals surface area contributed by atoms with Crippen molar-refractivity contribution in [3.05, 3.63) is 151 Å². The van der Waals surface area contributed by atoms with Crippen molar-refractivity contribution in [3.63, 3.8) is 0 Å². The monoisotopic (exact) mass is 710 g/mol. The van der Waals surface area contributed by atoms with Crippen LogP contribution in [0.3, 0.4) is 0 Å². The summed E-state index contributed by atoms with van der Waals surface area (Å²) in [6.07, 6.45) is 3.07. The van der Waals surface area contributed by atoms with Crippen molar-refractivity contribution in [1.29, 1.82) is 0 Å². The number of aryl methyl sites for hydroxylation is 4. The van der Waals surface area contributed by atoms with E-state index >= 15 is 0 Å². The quantitative estimate of drug-likeness (QED) is 0.117. The fourth-order valence-corrected chi connectivity index (χ4v) is 8.12. The van der Waals surface area contributed by atoms with Crippen molar-refractivity contribution in [1.82, 2.24) is 9.88 Å². The molecule has 1 aromatic heterocycles. The largest absolute Gasteiger partial charge is 0.507 e. The van der Waals surface area contributed by atoms with Gasteiger partial charge in [0.1, 0.15) is 29.0 Å². The molecule has 5 N–H and O–H groups in total. The fourth-order valence-electron chi connectivity index (χ4n) is 8.12. The predicted molar refractivity (Wildman–Crippen MR) is 207 cm³/mol. The van der Waals surface area contributed by atoms with E-state index in [4.69, 9.17) is 4.74 Å². The molecule has 8 bridgehead atoms. The molecule has 1 aliphatic rings. The zero-order valence-electron chi connectivity index (χ0n) is 30.9. The lowest BCUT2D eigenvalue weighted by Crippen LogP contribution is -2.42. The summed E-state index contributed by atoms with van der Waals surface area (Å²) in [4.78, 5) is 19.1. The van der Waals surface area contributed by atoms with Gasteiger partial charge in [0, 0.05) is 67.0 Å². The van der Waals surface area contributed by atoms with Crippen LogP contribution in [-0.4, -0.2) is 49.4 Å². The standard InChI is InChI=1S/C45H46N2O6/c1-25-10-29-18-30-11-26(2)13-32(42(30)49)20-34-15-28(4)17-37(44(34)51)24-47(23-36-16-27(3)14-33(43(36)50)19-31(12-25)41(29)48)40(45(52)53-5)21-35-22-46-39-9-7-6-8-38(35)39/h6-17,22,40,46,48-51H,18-21,23-24H2,1-5H3/t40-/m1/s1. The minimum atomic E-state index is -0.789. The minimum Gasteiger partial charge on any atom is -0.507 e. The Kier molecular flexibility index (Phi) is 9.66. The van der Waals surface area contributed by atoms with Crippen LogP contribution in [-0.2, 0) is 48.3 Å². The molecule has 0 saturated heterocycles. The van der Waals surface area contributed by atoms with Crippen molar-refractivity contribution < 1.29 is 30.0 Å². The minimum absolute atomic E-state index is 0.0787. The highest BCUT2D eigenvalue weighted by Gasteiger charge is 2.31. The summed E-state index contributed by atoms with van der Waals surface area (Å²) in [5.41, 5.74) is 10.8. The number of benzene rings is 5. The van der Waals surface area contributed by atoms with Crippen LogP contribution in [0.15, 0.2) is 79.0 Å². The number of aromatic amines is 1. The Morgan fingerprint density at radius 3 is 1.43 bits per heavy atom. The second-order valence-corrected chi connectivity index (χ2v) is 14.8. The summed E-state index contributed by atoms with van der Waals surface area (Å²) >= 11 is 0. The SMILES string of the molecule is COC(=O)[C@@H](Cc1c[nH]c2ccccc12)N1Cc2cc(C)cc(c2O)Cc2cc(C)cc(c2O)Cc2cc(C)cc(c2O)Cc2cc(C)cc(c2O)C1. The Bertz CT molecular complexity index is 2260. The Balaban J connectivity index is 1.43. The van der Waals surface area contributed by atoms with E-state index in [0.29, 0.717) is 57.3 Å². The number of carbonyl (C=O) groups is 1. The molecule has 2 heterocycles. The number of phenolic OH excluding ortho intramolecular Hbond substituents is 4. The van der Waals surface area contributed by atoms with Crippen LogP contribution < -0.4 is 0 Å². The number of ether oxygens (including phenoxy) is 1. The average molecular weight is 711 g/mol. The fraction of sp³-hybridized carbons (Fsp3) is 0.267. The van der Waals surface area contributed by atoms with Gasteiger partial charge in [0.25, 0.3) is 0 Å². The van der Waals surface area contributed by atoms with Gasteiger partial charge in [-0.3, -0.25) is 9.69 Å². The maximum Gasteiger partial charge on any atom is 0.323 e. The van der Waals surface area contributed by atoms with E-state index < -0.39 is 12.0 Å². The number of carbonyl (C=O) groups excluding carboxylic acids is 1. The summed E-state index contributed by atoms with van der Waals surface area (Å²) < 4.78 is 5.44. The van der Waals surface area contributed by atoms with Gasteiger partial charge in [-0.05, 0) is 72.7 Å². The van der Waals surface area contributed by atoms with E-state index in [9.17, 15) is 25.2 Å². The van der Waals surface area contributed by atoms with Crippen LogP contribution in [0.2, 0.25) is 0 Å². The molecule has 0 aliphatic carbocycles. The van der Waals surface area contributed by atoms with Gasteiger partial charge in [0.05, 0.1) is 7.11 Å². The molecule has 7 rings (SSSR count). The van der Waals surface area contributed by atoms with E-state index in [1.54, 1.807) is 0 Å². The topological polar surface area (TPSA) is 126 Å². The number of hydrogen-bond donors (Lipinski definition) is 5. The summed E-state index contributed by atoms with van der Waals surface area (Å²) in [5, 5.41) is 48.2. The smallest absolute Gasteiger partial charge is 0.323 e. The molecule has 8 nitrogen and oxygen atoms in total. The van der Waals surface area contributed by atoms with Gasteiger partial charge in [-0.1, -0.05) is 89.0 Å². The maximum absolute atomic E-state index is 13.8. The normalized spacial score (nSPS) is 14.1. The van der Waals surface area contributed by atoms with Crippen molar-refractivity contribution in [2.24, 2.45) is 0 Å². The molecule has 5 aromatic carbocycles. The number of nitrogens with one attached hydrogen (secondary N) is 1. The summed E-state index contributed by atoms with van der Waals surface area (Å²) in [7, 11) is 1.38. The number of esters is 1. The van der Waals surface area contributed by atoms with Crippen molar-refractivity contribution in [3.8, 4) is 23.0 Å². The van der Waals surface area contributed by atoms with Crippen LogP contribution in [0.25, 0.3) is 10.9 Å². The maximum atomic E-state index is 13.8. The highest BCUT2D eigenvalue weighted by Crippen LogP contribution is 2.38. The second-order valence-electron chi connectivity index (χ2n) is 14.8. The van der Waals surface area contributed by atoms with Gasteiger partial charge in [-0.2, -0.15) is 0 Å². The molecule has 0 radical (unpaired) electrons. The molecule has 8 heteroatoms. The third-order valence-corrected chi connectivity index (χ3v) is 10.5. The zero-order chi connectivity index (χ0) is 37.6. The first-order valence-corrected chi connectivity index (χ1v) is 18.0. The first kappa shape index (κ1) is 35.7. The molecule has 53 heavy (non-hydrogen) atoms. The van der Waals surface area contributed by atoms with Crippen molar-refractivity contribution in [2.45, 2.75) is 72.5 Å². The average Bonchev–Trinajstić information content (AvgIpc) is 3.53. The molecule has 0 unspecified atom stereocenters. The number of hydrogen-bond acceptors (Lipinski definition) is 7. The van der Waals surface area contributed by atoms with Crippen LogP contribution >= 0.6 is 0 Å². The second kappa shape index (κ2) is 14.4. The molecule has 1 aliphatic heterocycles. The highest BCUT2D eigenvalue weighted by molar-refractivity contribution is 5.84. The summed E-state index contributed by atoms with van der Waals surface area (Å²) in [5.74, 6) is -0.0426. The molecular weight excluding hydrogens is 665 g/mol. The number of nitrogens with zero attached hydrogens (tertiary/aromatic N) is 1. The number of fused-ring (bicyclic) bond motifs is 9. The number of H-pyrrole nitrogens is 1.